The Balaban J connectivity index is 1.67. The number of carboxylic acids is 2. The van der Waals surface area contributed by atoms with Crippen LogP contribution in [0.2, 0.25) is 10.0 Å². The summed E-state index contributed by atoms with van der Waals surface area (Å²) in [4.78, 5) is 48.8. The van der Waals surface area contributed by atoms with E-state index >= 15 is 0 Å². The average Bonchev–Trinajstić information content (AvgIpc) is 3.07. The molecular formula is C28H30Cl2N2O6. The van der Waals surface area contributed by atoms with Crippen LogP contribution in [0.4, 0.5) is 5.69 Å². The molecule has 0 saturated heterocycles. The van der Waals surface area contributed by atoms with Gasteiger partial charge in [0, 0.05) is 24.1 Å². The molecular weight excluding hydrogens is 531 g/mol. The number of nitrogens with one attached hydrogen (secondary N) is 2. The van der Waals surface area contributed by atoms with Crippen molar-refractivity contribution in [3.8, 4) is 0 Å². The van der Waals surface area contributed by atoms with Crippen LogP contribution in [0.1, 0.15) is 49.5 Å². The lowest BCUT2D eigenvalue weighted by Gasteiger charge is -2.39. The van der Waals surface area contributed by atoms with Crippen molar-refractivity contribution in [3.63, 3.8) is 0 Å². The summed E-state index contributed by atoms with van der Waals surface area (Å²) in [5.41, 5.74) is 0.147. The molecule has 0 aromatic heterocycles. The Bertz CT molecular complexity index is 1250. The van der Waals surface area contributed by atoms with Gasteiger partial charge in [0.25, 0.3) is 5.91 Å². The van der Waals surface area contributed by atoms with Crippen LogP contribution in [-0.4, -0.2) is 40.0 Å². The van der Waals surface area contributed by atoms with Crippen LogP contribution in [0.15, 0.2) is 54.6 Å². The zero-order chi connectivity index (χ0) is 28.3. The van der Waals surface area contributed by atoms with Crippen molar-refractivity contribution in [3.05, 3.63) is 75.8 Å². The molecule has 0 spiro atoms. The van der Waals surface area contributed by atoms with Crippen LogP contribution in [0.25, 0.3) is 0 Å². The second kappa shape index (κ2) is 11.6. The standard InChI is InChI=1S/C28H30Cl2N2O6/c1-27(2)18(11-13-28(27,3)14-12-22(33)34)24(35)32-21(26(37)38)15-16-7-9-17(10-8-16)31-25(36)23-19(29)5-4-6-20(23)30/h4-10,12,14,18,21H,11,13,15H2,1-3H3,(H,31,36)(H,32,35)(H,33,34)(H,37,38)/b14-12+/t18-,21+,28-/m1/s1. The van der Waals surface area contributed by atoms with Crippen LogP contribution >= 0.6 is 23.2 Å². The minimum absolute atomic E-state index is 0.0367. The summed E-state index contributed by atoms with van der Waals surface area (Å²) in [7, 11) is 0. The van der Waals surface area contributed by atoms with E-state index in [1.807, 2.05) is 20.8 Å². The Kier molecular flexibility index (Phi) is 8.90. The first kappa shape index (κ1) is 29.2. The molecule has 202 valence electrons. The van der Waals surface area contributed by atoms with Gasteiger partial charge in [0.1, 0.15) is 6.04 Å². The highest BCUT2D eigenvalue weighted by Crippen LogP contribution is 2.56. The van der Waals surface area contributed by atoms with Crippen molar-refractivity contribution >= 4 is 52.6 Å². The number of halogens is 2. The summed E-state index contributed by atoms with van der Waals surface area (Å²) >= 11 is 12.2. The van der Waals surface area contributed by atoms with Crippen molar-refractivity contribution in [2.75, 3.05) is 5.32 Å². The third-order valence-electron chi connectivity index (χ3n) is 7.66. The van der Waals surface area contributed by atoms with Crippen molar-refractivity contribution in [1.82, 2.24) is 5.32 Å². The number of benzene rings is 2. The monoisotopic (exact) mass is 560 g/mol. The van der Waals surface area contributed by atoms with Crippen molar-refractivity contribution in [2.45, 2.75) is 46.1 Å². The maximum Gasteiger partial charge on any atom is 0.327 e. The van der Waals surface area contributed by atoms with Crippen LogP contribution < -0.4 is 10.6 Å². The minimum atomic E-state index is -1.17. The molecule has 10 heteroatoms. The molecule has 1 aliphatic rings. The van der Waals surface area contributed by atoms with Crippen LogP contribution in [0.3, 0.4) is 0 Å². The van der Waals surface area contributed by atoms with Crippen LogP contribution in [0.5, 0.6) is 0 Å². The number of amides is 2. The molecule has 0 aliphatic heterocycles. The van der Waals surface area contributed by atoms with E-state index < -0.39 is 40.6 Å². The fraction of sp³-hybridized carbons (Fsp3) is 0.357. The molecule has 1 fully saturated rings. The molecule has 8 nitrogen and oxygen atoms in total. The van der Waals surface area contributed by atoms with Gasteiger partial charge in [0.05, 0.1) is 15.6 Å². The average molecular weight is 561 g/mol. The summed E-state index contributed by atoms with van der Waals surface area (Å²) in [5, 5.41) is 24.6. The zero-order valence-corrected chi connectivity index (χ0v) is 22.8. The number of carboxylic acid groups (broad SMARTS) is 2. The first-order valence-corrected chi connectivity index (χ1v) is 12.8. The summed E-state index contributed by atoms with van der Waals surface area (Å²) in [5.74, 6) is -3.57. The second-order valence-electron chi connectivity index (χ2n) is 10.3. The Morgan fingerprint density at radius 1 is 1.03 bits per heavy atom. The van der Waals surface area contributed by atoms with Crippen molar-refractivity contribution in [1.29, 1.82) is 0 Å². The van der Waals surface area contributed by atoms with Gasteiger partial charge >= 0.3 is 11.9 Å². The summed E-state index contributed by atoms with van der Waals surface area (Å²) in [6, 6.07) is 10.2. The number of hydrogen-bond acceptors (Lipinski definition) is 4. The number of carbonyl (C=O) groups excluding carboxylic acids is 2. The van der Waals surface area contributed by atoms with Gasteiger partial charge in [-0.2, -0.15) is 0 Å². The highest BCUT2D eigenvalue weighted by molar-refractivity contribution is 6.40. The van der Waals surface area contributed by atoms with Gasteiger partial charge < -0.3 is 20.8 Å². The molecule has 0 heterocycles. The lowest BCUT2D eigenvalue weighted by Crippen LogP contribution is -2.48. The smallest absolute Gasteiger partial charge is 0.327 e. The van der Waals surface area contributed by atoms with E-state index in [2.05, 4.69) is 10.6 Å². The highest BCUT2D eigenvalue weighted by Gasteiger charge is 2.53. The van der Waals surface area contributed by atoms with Gasteiger partial charge in [-0.3, -0.25) is 9.59 Å². The van der Waals surface area contributed by atoms with Crippen LogP contribution in [-0.2, 0) is 20.8 Å². The Labute approximate surface area is 231 Å². The number of rotatable bonds is 9. The molecule has 2 amide bonds. The number of aliphatic carboxylic acids is 2. The van der Waals surface area contributed by atoms with E-state index in [1.165, 1.54) is 0 Å². The molecule has 1 saturated carbocycles. The molecule has 0 bridgehead atoms. The fourth-order valence-corrected chi connectivity index (χ4v) is 5.45. The van der Waals surface area contributed by atoms with E-state index in [0.717, 1.165) is 6.08 Å². The lowest BCUT2D eigenvalue weighted by atomic mass is 9.65. The SMILES string of the molecule is CC1(C)[C@@H](C(=O)N[C@@H](Cc2ccc(NC(=O)c3c(Cl)cccc3Cl)cc2)C(=O)O)CC[C@]1(C)/C=C/C(=O)O. The van der Waals surface area contributed by atoms with Gasteiger partial charge in [-0.1, -0.05) is 68.2 Å². The van der Waals surface area contributed by atoms with Gasteiger partial charge in [-0.15, -0.1) is 0 Å². The molecule has 3 atom stereocenters. The third-order valence-corrected chi connectivity index (χ3v) is 8.29. The topological polar surface area (TPSA) is 133 Å². The number of hydrogen-bond donors (Lipinski definition) is 4. The third kappa shape index (κ3) is 6.37. The van der Waals surface area contributed by atoms with Gasteiger partial charge in [-0.05, 0) is 53.5 Å². The molecule has 2 aromatic carbocycles. The number of anilines is 1. The predicted molar refractivity (Wildman–Crippen MR) is 146 cm³/mol. The van der Waals surface area contributed by atoms with E-state index in [0.29, 0.717) is 24.1 Å². The van der Waals surface area contributed by atoms with Crippen LogP contribution in [0, 0.1) is 16.7 Å². The highest BCUT2D eigenvalue weighted by atomic mass is 35.5. The maximum absolute atomic E-state index is 13.2. The summed E-state index contributed by atoms with van der Waals surface area (Å²) < 4.78 is 0. The Morgan fingerprint density at radius 2 is 1.63 bits per heavy atom. The van der Waals surface area contributed by atoms with E-state index in [4.69, 9.17) is 28.3 Å². The molecule has 1 aliphatic carbocycles. The lowest BCUT2D eigenvalue weighted by molar-refractivity contribution is -0.143. The van der Waals surface area contributed by atoms with E-state index in [9.17, 15) is 24.3 Å². The number of allylic oxidation sites excluding steroid dienone is 1. The van der Waals surface area contributed by atoms with E-state index in [-0.39, 0.29) is 27.9 Å². The first-order chi connectivity index (χ1) is 17.7. The fourth-order valence-electron chi connectivity index (χ4n) is 4.88. The number of carbonyl (C=O) groups is 4. The van der Waals surface area contributed by atoms with Gasteiger partial charge in [0.2, 0.25) is 5.91 Å². The first-order valence-electron chi connectivity index (χ1n) is 12.0. The molecule has 2 aromatic rings. The summed E-state index contributed by atoms with van der Waals surface area (Å²) in [6.45, 7) is 5.71. The molecule has 0 radical (unpaired) electrons. The molecule has 4 N–H and O–H groups in total. The maximum atomic E-state index is 13.2. The predicted octanol–water partition coefficient (Wildman–Crippen LogP) is 5.44. The quantitative estimate of drug-likeness (QED) is 0.302. The molecule has 0 unspecified atom stereocenters. The molecule has 3 rings (SSSR count). The van der Waals surface area contributed by atoms with E-state index in [1.54, 1.807) is 48.5 Å². The summed E-state index contributed by atoms with van der Waals surface area (Å²) in [6.07, 6.45) is 3.87. The Morgan fingerprint density at radius 3 is 2.18 bits per heavy atom. The van der Waals surface area contributed by atoms with Crippen molar-refractivity contribution < 1.29 is 29.4 Å². The minimum Gasteiger partial charge on any atom is -0.480 e. The zero-order valence-electron chi connectivity index (χ0n) is 21.3. The largest absolute Gasteiger partial charge is 0.480 e. The normalized spacial score (nSPS) is 21.1. The van der Waals surface area contributed by atoms with Crippen molar-refractivity contribution in [2.24, 2.45) is 16.7 Å². The Hall–Kier alpha value is -3.36. The van der Waals surface area contributed by atoms with Gasteiger partial charge in [0.15, 0.2) is 0 Å². The second-order valence-corrected chi connectivity index (χ2v) is 11.1. The molecule has 38 heavy (non-hydrogen) atoms. The van der Waals surface area contributed by atoms with Gasteiger partial charge in [-0.25, -0.2) is 9.59 Å².